The van der Waals surface area contributed by atoms with Crippen LogP contribution in [0.5, 0.6) is 0 Å². The summed E-state index contributed by atoms with van der Waals surface area (Å²) in [6.07, 6.45) is 0. The number of hydrazone groups is 1. The van der Waals surface area contributed by atoms with Crippen LogP contribution in [0.4, 0.5) is 0 Å². The van der Waals surface area contributed by atoms with Gasteiger partial charge in [-0.25, -0.2) is 0 Å². The van der Waals surface area contributed by atoms with Gasteiger partial charge in [0.15, 0.2) is 5.11 Å². The van der Waals surface area contributed by atoms with Gasteiger partial charge in [-0.1, -0.05) is 18.2 Å². The van der Waals surface area contributed by atoms with Crippen molar-refractivity contribution in [3.8, 4) is 0 Å². The molecule has 0 atom stereocenters. The minimum Gasteiger partial charge on any atom is -0.375 e. The third kappa shape index (κ3) is 2.20. The molecule has 2 aromatic rings. The van der Waals surface area contributed by atoms with E-state index in [2.05, 4.69) is 28.0 Å². The molecule has 3 N–H and O–H groups in total. The van der Waals surface area contributed by atoms with Gasteiger partial charge in [-0.15, -0.1) is 11.3 Å². The lowest BCUT2D eigenvalue weighted by Crippen LogP contribution is -2.25. The molecular formula is C11H11N3S2. The Morgan fingerprint density at radius 1 is 1.44 bits per heavy atom. The first kappa shape index (κ1) is 11.0. The number of rotatable bonds is 2. The highest BCUT2D eigenvalue weighted by Gasteiger charge is 2.05. The molecule has 0 spiro atoms. The molecule has 0 amide bonds. The van der Waals surface area contributed by atoms with E-state index in [0.717, 1.165) is 11.3 Å². The summed E-state index contributed by atoms with van der Waals surface area (Å²) in [4.78, 5) is 0. The maximum atomic E-state index is 5.32. The molecule has 5 heteroatoms. The molecule has 0 unspecified atom stereocenters. The molecule has 0 aliphatic heterocycles. The molecule has 0 aliphatic carbocycles. The Hall–Kier alpha value is -1.46. The van der Waals surface area contributed by atoms with E-state index in [1.165, 1.54) is 10.1 Å². The number of hydrogen-bond donors (Lipinski definition) is 2. The molecule has 0 saturated heterocycles. The lowest BCUT2D eigenvalue weighted by molar-refractivity contribution is 1.03. The first-order valence-electron chi connectivity index (χ1n) is 4.75. The zero-order valence-corrected chi connectivity index (χ0v) is 10.4. The molecule has 82 valence electrons. The predicted octanol–water partition coefficient (Wildman–Crippen LogP) is 2.46. The summed E-state index contributed by atoms with van der Waals surface area (Å²) < 4.78 is 1.25. The van der Waals surface area contributed by atoms with Crippen molar-refractivity contribution in [1.82, 2.24) is 5.43 Å². The van der Waals surface area contributed by atoms with Crippen LogP contribution in [0.2, 0.25) is 0 Å². The van der Waals surface area contributed by atoms with E-state index in [1.807, 2.05) is 19.1 Å². The Morgan fingerprint density at radius 2 is 2.19 bits per heavy atom. The van der Waals surface area contributed by atoms with E-state index in [0.29, 0.717) is 0 Å². The minimum absolute atomic E-state index is 0.180. The Labute approximate surface area is 103 Å². The van der Waals surface area contributed by atoms with Gasteiger partial charge >= 0.3 is 0 Å². The number of hydrogen-bond acceptors (Lipinski definition) is 3. The molecule has 2 rings (SSSR count). The van der Waals surface area contributed by atoms with Crippen LogP contribution in [0, 0.1) is 0 Å². The van der Waals surface area contributed by atoms with E-state index >= 15 is 0 Å². The van der Waals surface area contributed by atoms with Crippen LogP contribution in [-0.2, 0) is 0 Å². The number of fused-ring (bicyclic) bond motifs is 1. The maximum Gasteiger partial charge on any atom is 0.184 e. The fourth-order valence-corrected chi connectivity index (χ4v) is 2.51. The summed E-state index contributed by atoms with van der Waals surface area (Å²) in [7, 11) is 0. The largest absolute Gasteiger partial charge is 0.375 e. The molecule has 1 heterocycles. The summed E-state index contributed by atoms with van der Waals surface area (Å²) in [6.45, 7) is 1.93. The standard InChI is InChI=1S/C11H11N3S2/c1-7(13-14-11(12)15)9-6-16-10-5-3-2-4-8(9)10/h2-6H,1H3,(H3,12,14,15)/b13-7+. The molecule has 0 saturated carbocycles. The van der Waals surface area contributed by atoms with Crippen molar-refractivity contribution >= 4 is 44.5 Å². The number of thiocarbonyl (C=S) groups is 1. The van der Waals surface area contributed by atoms with Gasteiger partial charge < -0.3 is 5.73 Å². The Bertz CT molecular complexity index is 557. The van der Waals surface area contributed by atoms with Crippen LogP contribution in [0.15, 0.2) is 34.7 Å². The Balaban J connectivity index is 2.40. The summed E-state index contributed by atoms with van der Waals surface area (Å²) in [6, 6.07) is 8.23. The van der Waals surface area contributed by atoms with Crippen molar-refractivity contribution in [2.75, 3.05) is 0 Å². The van der Waals surface area contributed by atoms with Gasteiger partial charge in [-0.3, -0.25) is 5.43 Å². The fourth-order valence-electron chi connectivity index (χ4n) is 1.46. The topological polar surface area (TPSA) is 50.4 Å². The van der Waals surface area contributed by atoms with Gasteiger partial charge in [0.05, 0.1) is 5.71 Å². The third-order valence-electron chi connectivity index (χ3n) is 2.20. The second-order valence-corrected chi connectivity index (χ2v) is 4.67. The molecule has 16 heavy (non-hydrogen) atoms. The minimum atomic E-state index is 0.180. The van der Waals surface area contributed by atoms with Crippen molar-refractivity contribution < 1.29 is 0 Å². The summed E-state index contributed by atoms with van der Waals surface area (Å²) in [5.41, 5.74) is 9.92. The molecule has 0 fully saturated rings. The molecule has 3 nitrogen and oxygen atoms in total. The van der Waals surface area contributed by atoms with Crippen LogP contribution >= 0.6 is 23.6 Å². The van der Waals surface area contributed by atoms with Crippen molar-refractivity contribution in [1.29, 1.82) is 0 Å². The van der Waals surface area contributed by atoms with Gasteiger partial charge in [0, 0.05) is 21.0 Å². The van der Waals surface area contributed by atoms with Crippen molar-refractivity contribution in [2.45, 2.75) is 6.92 Å². The SMILES string of the molecule is C/C(=N\NC(N)=S)c1csc2ccccc12. The summed E-state index contributed by atoms with van der Waals surface area (Å²) >= 11 is 6.41. The summed E-state index contributed by atoms with van der Waals surface area (Å²) in [5.74, 6) is 0. The van der Waals surface area contributed by atoms with Crippen LogP contribution in [0.1, 0.15) is 12.5 Å². The van der Waals surface area contributed by atoms with Crippen LogP contribution in [0.25, 0.3) is 10.1 Å². The molecule has 0 aliphatic rings. The van der Waals surface area contributed by atoms with Gasteiger partial charge in [0.2, 0.25) is 0 Å². The van der Waals surface area contributed by atoms with E-state index in [9.17, 15) is 0 Å². The maximum absolute atomic E-state index is 5.32. The lowest BCUT2D eigenvalue weighted by Gasteiger charge is -2.00. The zero-order chi connectivity index (χ0) is 11.5. The predicted molar refractivity (Wildman–Crippen MR) is 74.0 cm³/mol. The smallest absolute Gasteiger partial charge is 0.184 e. The highest BCUT2D eigenvalue weighted by atomic mass is 32.1. The van der Waals surface area contributed by atoms with Gasteiger partial charge in [-0.05, 0) is 25.2 Å². The van der Waals surface area contributed by atoms with E-state index in [-0.39, 0.29) is 5.11 Å². The first-order valence-corrected chi connectivity index (χ1v) is 6.03. The zero-order valence-electron chi connectivity index (χ0n) is 8.73. The normalized spacial score (nSPS) is 11.7. The highest BCUT2D eigenvalue weighted by molar-refractivity contribution is 7.80. The quantitative estimate of drug-likeness (QED) is 0.488. The van der Waals surface area contributed by atoms with E-state index < -0.39 is 0 Å². The van der Waals surface area contributed by atoms with E-state index in [4.69, 9.17) is 18.0 Å². The van der Waals surface area contributed by atoms with Crippen molar-refractivity contribution in [3.63, 3.8) is 0 Å². The van der Waals surface area contributed by atoms with Crippen LogP contribution in [0.3, 0.4) is 0 Å². The molecule has 0 radical (unpaired) electrons. The Kier molecular flexibility index (Phi) is 3.17. The van der Waals surface area contributed by atoms with Crippen LogP contribution < -0.4 is 11.2 Å². The Morgan fingerprint density at radius 3 is 2.94 bits per heavy atom. The average molecular weight is 249 g/mol. The number of thiophene rings is 1. The second-order valence-electron chi connectivity index (χ2n) is 3.32. The van der Waals surface area contributed by atoms with Gasteiger partial charge in [0.1, 0.15) is 0 Å². The van der Waals surface area contributed by atoms with Gasteiger partial charge in [-0.2, -0.15) is 5.10 Å². The lowest BCUT2D eigenvalue weighted by atomic mass is 10.1. The van der Waals surface area contributed by atoms with Gasteiger partial charge in [0.25, 0.3) is 0 Å². The molecular weight excluding hydrogens is 238 g/mol. The number of benzene rings is 1. The molecule has 1 aromatic carbocycles. The molecule has 1 aromatic heterocycles. The fraction of sp³-hybridized carbons (Fsp3) is 0.0909. The van der Waals surface area contributed by atoms with Crippen LogP contribution in [-0.4, -0.2) is 10.8 Å². The monoisotopic (exact) mass is 249 g/mol. The number of nitrogens with zero attached hydrogens (tertiary/aromatic N) is 1. The van der Waals surface area contributed by atoms with Crippen molar-refractivity contribution in [2.24, 2.45) is 10.8 Å². The summed E-state index contributed by atoms with van der Waals surface area (Å²) in [5, 5.41) is 7.60. The molecule has 0 bridgehead atoms. The third-order valence-corrected chi connectivity index (χ3v) is 3.26. The van der Waals surface area contributed by atoms with Crippen molar-refractivity contribution in [3.05, 3.63) is 35.2 Å². The average Bonchev–Trinajstić information content (AvgIpc) is 2.69. The number of nitrogens with one attached hydrogen (secondary N) is 1. The number of nitrogens with two attached hydrogens (primary N) is 1. The second kappa shape index (κ2) is 4.59. The highest BCUT2D eigenvalue weighted by Crippen LogP contribution is 2.25. The van der Waals surface area contributed by atoms with E-state index in [1.54, 1.807) is 11.3 Å². The first-order chi connectivity index (χ1) is 7.68.